The number of nitrogens with zero attached hydrogens (tertiary/aromatic N) is 1. The molecule has 0 saturated carbocycles. The number of hydrogen-bond acceptors (Lipinski definition) is 4. The van der Waals surface area contributed by atoms with Gasteiger partial charge in [0.1, 0.15) is 0 Å². The molecule has 0 aromatic carbocycles. The number of likely N-dealkylation sites (N-methyl/N-ethyl adjacent to an activating group) is 2. The number of amides is 2. The molecule has 1 aromatic rings. The van der Waals surface area contributed by atoms with E-state index >= 15 is 0 Å². The van der Waals surface area contributed by atoms with Crippen LogP contribution >= 0.6 is 11.3 Å². The predicted octanol–water partition coefficient (Wildman–Crippen LogP) is 1.05. The Morgan fingerprint density at radius 2 is 2.15 bits per heavy atom. The molecule has 2 N–H and O–H groups in total. The highest BCUT2D eigenvalue weighted by atomic mass is 32.1. The van der Waals surface area contributed by atoms with Gasteiger partial charge in [0.25, 0.3) is 5.91 Å². The van der Waals surface area contributed by atoms with Crippen molar-refractivity contribution < 1.29 is 19.5 Å². The molecule has 108 valence electrons. The molecule has 1 rings (SSSR count). The molecule has 0 aliphatic heterocycles. The lowest BCUT2D eigenvalue weighted by Gasteiger charge is -2.19. The monoisotopic (exact) mass is 296 g/mol. The van der Waals surface area contributed by atoms with Gasteiger partial charge in [0.05, 0.1) is 11.4 Å². The van der Waals surface area contributed by atoms with Gasteiger partial charge in [0, 0.05) is 19.7 Å². The van der Waals surface area contributed by atoms with Crippen molar-refractivity contribution in [3.8, 4) is 0 Å². The molecule has 1 aromatic heterocycles. The maximum Gasteiger partial charge on any atom is 0.328 e. The topological polar surface area (TPSA) is 86.7 Å². The molecule has 6 nitrogen and oxygen atoms in total. The Hall–Kier alpha value is -2.15. The minimum Gasteiger partial charge on any atom is -0.478 e. The van der Waals surface area contributed by atoms with Crippen molar-refractivity contribution in [1.82, 2.24) is 10.2 Å². The van der Waals surface area contributed by atoms with Crippen LogP contribution in [0.5, 0.6) is 0 Å². The van der Waals surface area contributed by atoms with E-state index in [0.717, 1.165) is 6.08 Å². The molecular weight excluding hydrogens is 280 g/mol. The molecule has 0 spiro atoms. The average Bonchev–Trinajstić information content (AvgIpc) is 2.89. The number of carbonyl (C=O) groups is 3. The highest BCUT2D eigenvalue weighted by molar-refractivity contribution is 7.12. The number of carboxylic acids is 1. The maximum absolute atomic E-state index is 12.3. The van der Waals surface area contributed by atoms with Crippen LogP contribution in [-0.4, -0.2) is 47.9 Å². The van der Waals surface area contributed by atoms with E-state index in [1.54, 1.807) is 18.4 Å². The third-order valence-corrected chi connectivity index (χ3v) is 3.50. The van der Waals surface area contributed by atoms with E-state index in [2.05, 4.69) is 5.32 Å². The highest BCUT2D eigenvalue weighted by Gasteiger charge is 2.20. The van der Waals surface area contributed by atoms with E-state index < -0.39 is 5.97 Å². The maximum atomic E-state index is 12.3. The molecule has 20 heavy (non-hydrogen) atoms. The predicted molar refractivity (Wildman–Crippen MR) is 76.6 cm³/mol. The molecule has 0 aliphatic carbocycles. The molecule has 1 heterocycles. The summed E-state index contributed by atoms with van der Waals surface area (Å²) in [6, 6.07) is 1.67. The first-order valence-corrected chi connectivity index (χ1v) is 6.85. The summed E-state index contributed by atoms with van der Waals surface area (Å²) in [6.45, 7) is 2.15. The van der Waals surface area contributed by atoms with Crippen molar-refractivity contribution in [2.45, 2.75) is 6.92 Å². The van der Waals surface area contributed by atoms with Crippen LogP contribution in [0.3, 0.4) is 0 Å². The van der Waals surface area contributed by atoms with Gasteiger partial charge in [0.2, 0.25) is 5.91 Å². The largest absolute Gasteiger partial charge is 0.478 e. The van der Waals surface area contributed by atoms with Gasteiger partial charge in [-0.05, 0) is 30.0 Å². The zero-order valence-corrected chi connectivity index (χ0v) is 12.1. The van der Waals surface area contributed by atoms with Gasteiger partial charge < -0.3 is 15.3 Å². The SMILES string of the molecule is CCN(CC(=O)NC)C(=O)c1sccc1C=CC(=O)O. The number of carboxylic acid groups (broad SMARTS) is 1. The quantitative estimate of drug-likeness (QED) is 0.768. The molecule has 0 bridgehead atoms. The van der Waals surface area contributed by atoms with Crippen molar-refractivity contribution in [2.75, 3.05) is 20.1 Å². The van der Waals surface area contributed by atoms with Gasteiger partial charge in [-0.3, -0.25) is 9.59 Å². The van der Waals surface area contributed by atoms with Crippen molar-refractivity contribution in [2.24, 2.45) is 0 Å². The summed E-state index contributed by atoms with van der Waals surface area (Å²) in [4.78, 5) is 36.0. The minimum absolute atomic E-state index is 0.0220. The Morgan fingerprint density at radius 3 is 2.70 bits per heavy atom. The van der Waals surface area contributed by atoms with Crippen LogP contribution in [0.25, 0.3) is 6.08 Å². The first-order chi connectivity index (χ1) is 9.49. The molecule has 2 amide bonds. The zero-order chi connectivity index (χ0) is 15.1. The second kappa shape index (κ2) is 7.44. The molecule has 0 unspecified atom stereocenters. The Bertz CT molecular complexity index is 536. The summed E-state index contributed by atoms with van der Waals surface area (Å²) in [7, 11) is 1.51. The molecule has 0 atom stereocenters. The van der Waals surface area contributed by atoms with Gasteiger partial charge >= 0.3 is 5.97 Å². The Kier molecular flexibility index (Phi) is 5.92. The van der Waals surface area contributed by atoms with Gasteiger partial charge in [-0.1, -0.05) is 0 Å². The number of rotatable bonds is 6. The van der Waals surface area contributed by atoms with Gasteiger partial charge in [-0.25, -0.2) is 4.79 Å². The Morgan fingerprint density at radius 1 is 1.45 bits per heavy atom. The number of thiophene rings is 1. The van der Waals surface area contributed by atoms with Crippen molar-refractivity contribution in [1.29, 1.82) is 0 Å². The summed E-state index contributed by atoms with van der Waals surface area (Å²) in [5.41, 5.74) is 0.540. The van der Waals surface area contributed by atoms with Crippen molar-refractivity contribution in [3.63, 3.8) is 0 Å². The first-order valence-electron chi connectivity index (χ1n) is 5.98. The lowest BCUT2D eigenvalue weighted by Crippen LogP contribution is -2.39. The van der Waals surface area contributed by atoms with Crippen LogP contribution in [0.4, 0.5) is 0 Å². The number of nitrogens with one attached hydrogen (secondary N) is 1. The fraction of sp³-hybridized carbons (Fsp3) is 0.308. The van der Waals surface area contributed by atoms with E-state index in [9.17, 15) is 14.4 Å². The van der Waals surface area contributed by atoms with Crippen LogP contribution in [0.2, 0.25) is 0 Å². The summed E-state index contributed by atoms with van der Waals surface area (Å²) < 4.78 is 0. The molecular formula is C13H16N2O4S. The summed E-state index contributed by atoms with van der Waals surface area (Å²) in [5, 5.41) is 12.8. The second-order valence-corrected chi connectivity index (χ2v) is 4.79. The van der Waals surface area contributed by atoms with Gasteiger partial charge in [-0.15, -0.1) is 11.3 Å². The van der Waals surface area contributed by atoms with Gasteiger partial charge in [-0.2, -0.15) is 0 Å². The Labute approximate surface area is 120 Å². The summed E-state index contributed by atoms with van der Waals surface area (Å²) in [5.74, 6) is -1.61. The lowest BCUT2D eigenvalue weighted by molar-refractivity contribution is -0.131. The zero-order valence-electron chi connectivity index (χ0n) is 11.3. The average molecular weight is 296 g/mol. The van der Waals surface area contributed by atoms with Crippen LogP contribution in [0, 0.1) is 0 Å². The third kappa shape index (κ3) is 4.20. The smallest absolute Gasteiger partial charge is 0.328 e. The van der Waals surface area contributed by atoms with Crippen LogP contribution in [-0.2, 0) is 9.59 Å². The third-order valence-electron chi connectivity index (χ3n) is 2.58. The molecule has 0 saturated heterocycles. The van der Waals surface area contributed by atoms with E-state index in [1.165, 1.54) is 29.4 Å². The van der Waals surface area contributed by atoms with Gasteiger partial charge in [0.15, 0.2) is 0 Å². The number of carbonyl (C=O) groups excluding carboxylic acids is 2. The molecule has 0 radical (unpaired) electrons. The van der Waals surface area contributed by atoms with E-state index in [-0.39, 0.29) is 18.4 Å². The van der Waals surface area contributed by atoms with Crippen molar-refractivity contribution in [3.05, 3.63) is 28.0 Å². The Balaban J connectivity index is 2.93. The number of aliphatic carboxylic acids is 1. The first kappa shape index (κ1) is 15.9. The summed E-state index contributed by atoms with van der Waals surface area (Å²) >= 11 is 1.22. The van der Waals surface area contributed by atoms with Crippen molar-refractivity contribution >= 4 is 35.2 Å². The van der Waals surface area contributed by atoms with E-state index in [1.807, 2.05) is 0 Å². The molecule has 7 heteroatoms. The highest BCUT2D eigenvalue weighted by Crippen LogP contribution is 2.20. The van der Waals surface area contributed by atoms with Crippen LogP contribution in [0.15, 0.2) is 17.5 Å². The number of hydrogen-bond donors (Lipinski definition) is 2. The fourth-order valence-corrected chi connectivity index (χ4v) is 2.36. The van der Waals surface area contributed by atoms with Crippen LogP contribution < -0.4 is 5.32 Å². The van der Waals surface area contributed by atoms with E-state index in [0.29, 0.717) is 17.0 Å². The fourth-order valence-electron chi connectivity index (χ4n) is 1.51. The minimum atomic E-state index is -1.08. The van der Waals surface area contributed by atoms with Crippen LogP contribution in [0.1, 0.15) is 22.2 Å². The normalized spacial score (nSPS) is 10.5. The second-order valence-electron chi connectivity index (χ2n) is 3.87. The molecule has 0 aliphatic rings. The summed E-state index contributed by atoms with van der Waals surface area (Å²) in [6.07, 6.45) is 2.35. The molecule has 0 fully saturated rings. The van der Waals surface area contributed by atoms with E-state index in [4.69, 9.17) is 5.11 Å². The standard InChI is InChI=1S/C13H16N2O4S/c1-3-15(8-10(16)14-2)13(19)12-9(6-7-20-12)4-5-11(17)18/h4-7H,3,8H2,1-2H3,(H,14,16)(H,17,18). The lowest BCUT2D eigenvalue weighted by atomic mass is 10.2.